The van der Waals surface area contributed by atoms with E-state index in [0.717, 1.165) is 31.2 Å². The molecule has 1 N–H and O–H groups in total. The number of halogens is 2. The van der Waals surface area contributed by atoms with Crippen LogP contribution in [0.4, 0.5) is 4.39 Å². The van der Waals surface area contributed by atoms with Gasteiger partial charge >= 0.3 is 0 Å². The summed E-state index contributed by atoms with van der Waals surface area (Å²) in [4.78, 5) is 27.6. The third-order valence-electron chi connectivity index (χ3n) is 5.86. The first kappa shape index (κ1) is 24.6. The van der Waals surface area contributed by atoms with Crippen molar-refractivity contribution in [1.82, 2.24) is 10.2 Å². The summed E-state index contributed by atoms with van der Waals surface area (Å²) in [6.07, 6.45) is 5.34. The first-order valence-electron chi connectivity index (χ1n) is 11.1. The van der Waals surface area contributed by atoms with Crippen LogP contribution in [0.15, 0.2) is 48.5 Å². The molecule has 2 aromatic rings. The van der Waals surface area contributed by atoms with Gasteiger partial charge in [-0.05, 0) is 37.5 Å². The second-order valence-electron chi connectivity index (χ2n) is 8.22. The molecule has 1 saturated carbocycles. The summed E-state index contributed by atoms with van der Waals surface area (Å²) in [6.45, 7) is 1.77. The number of nitrogens with zero attached hydrogens (tertiary/aromatic N) is 1. The molecule has 172 valence electrons. The van der Waals surface area contributed by atoms with E-state index < -0.39 is 6.04 Å². The summed E-state index contributed by atoms with van der Waals surface area (Å²) >= 11 is 7.64. The molecule has 0 bridgehead atoms. The van der Waals surface area contributed by atoms with E-state index in [9.17, 15) is 14.0 Å². The number of carbonyl (C=O) groups excluding carboxylic acids is 2. The second-order valence-corrected chi connectivity index (χ2v) is 9.61. The van der Waals surface area contributed by atoms with E-state index in [2.05, 4.69) is 5.32 Å². The van der Waals surface area contributed by atoms with Crippen LogP contribution in [0.25, 0.3) is 0 Å². The third-order valence-corrected chi connectivity index (χ3v) is 7.19. The van der Waals surface area contributed by atoms with Crippen molar-refractivity contribution >= 4 is 35.2 Å². The van der Waals surface area contributed by atoms with E-state index in [0.29, 0.717) is 16.3 Å². The molecule has 0 saturated heterocycles. The molecule has 2 amide bonds. The SMILES string of the molecule is C[C@@H](C(=O)NC1CCCCC1)N(Cc1ccccc1F)C(=O)CSCc1ccccc1Cl. The van der Waals surface area contributed by atoms with Crippen molar-refractivity contribution in [3.8, 4) is 0 Å². The Morgan fingerprint density at radius 2 is 1.75 bits per heavy atom. The van der Waals surface area contributed by atoms with Crippen molar-refractivity contribution < 1.29 is 14.0 Å². The number of hydrogen-bond donors (Lipinski definition) is 1. The van der Waals surface area contributed by atoms with Crippen LogP contribution in [-0.4, -0.2) is 34.6 Å². The second kappa shape index (κ2) is 12.3. The number of thioether (sulfide) groups is 1. The summed E-state index contributed by atoms with van der Waals surface area (Å²) < 4.78 is 14.3. The highest BCUT2D eigenvalue weighted by Crippen LogP contribution is 2.22. The fourth-order valence-electron chi connectivity index (χ4n) is 3.91. The number of benzene rings is 2. The molecule has 1 aliphatic carbocycles. The zero-order valence-corrected chi connectivity index (χ0v) is 19.9. The molecule has 2 aromatic carbocycles. The molecular formula is C25H30ClFN2O2S. The number of amides is 2. The molecule has 1 aliphatic rings. The molecule has 0 unspecified atom stereocenters. The quantitative estimate of drug-likeness (QED) is 0.514. The standard InChI is InChI=1S/C25H30ClFN2O2S/c1-18(25(31)28-21-11-3-2-4-12-21)29(15-19-9-6-8-14-23(19)27)24(30)17-32-16-20-10-5-7-13-22(20)26/h5-10,13-14,18,21H,2-4,11-12,15-17H2,1H3,(H,28,31)/t18-/m0/s1. The van der Waals surface area contributed by atoms with E-state index in [-0.39, 0.29) is 36.0 Å². The molecule has 1 fully saturated rings. The van der Waals surface area contributed by atoms with Gasteiger partial charge < -0.3 is 10.2 Å². The zero-order chi connectivity index (χ0) is 22.9. The van der Waals surface area contributed by atoms with E-state index in [1.165, 1.54) is 29.1 Å². The average Bonchev–Trinajstić information content (AvgIpc) is 2.80. The Morgan fingerprint density at radius 3 is 2.44 bits per heavy atom. The van der Waals surface area contributed by atoms with Gasteiger partial charge in [0.2, 0.25) is 11.8 Å². The summed E-state index contributed by atoms with van der Waals surface area (Å²) in [7, 11) is 0. The van der Waals surface area contributed by atoms with Gasteiger partial charge in [-0.2, -0.15) is 0 Å². The Kier molecular flexibility index (Phi) is 9.42. The van der Waals surface area contributed by atoms with Crippen molar-refractivity contribution in [3.63, 3.8) is 0 Å². The van der Waals surface area contributed by atoms with E-state index in [1.807, 2.05) is 24.3 Å². The van der Waals surface area contributed by atoms with Gasteiger partial charge in [0, 0.05) is 28.9 Å². The van der Waals surface area contributed by atoms with Crippen molar-refractivity contribution in [2.45, 2.75) is 63.4 Å². The maximum Gasteiger partial charge on any atom is 0.242 e. The minimum atomic E-state index is -0.690. The Balaban J connectivity index is 1.67. The molecule has 0 heterocycles. The van der Waals surface area contributed by atoms with Crippen LogP contribution in [0.5, 0.6) is 0 Å². The van der Waals surface area contributed by atoms with Gasteiger partial charge in [-0.1, -0.05) is 67.3 Å². The highest BCUT2D eigenvalue weighted by molar-refractivity contribution is 7.99. The molecule has 0 aliphatic heterocycles. The van der Waals surface area contributed by atoms with Crippen LogP contribution in [0.1, 0.15) is 50.2 Å². The topological polar surface area (TPSA) is 49.4 Å². The lowest BCUT2D eigenvalue weighted by atomic mass is 9.95. The van der Waals surface area contributed by atoms with Crippen LogP contribution in [0, 0.1) is 5.82 Å². The van der Waals surface area contributed by atoms with Crippen molar-refractivity contribution in [3.05, 3.63) is 70.5 Å². The summed E-state index contributed by atoms with van der Waals surface area (Å²) in [5.41, 5.74) is 1.35. The van der Waals surface area contributed by atoms with Crippen LogP contribution in [0.2, 0.25) is 5.02 Å². The Labute approximate surface area is 198 Å². The summed E-state index contributed by atoms with van der Waals surface area (Å²) in [6, 6.07) is 13.4. The maximum absolute atomic E-state index is 14.3. The molecule has 0 spiro atoms. The van der Waals surface area contributed by atoms with Crippen molar-refractivity contribution in [2.75, 3.05) is 5.75 Å². The zero-order valence-electron chi connectivity index (χ0n) is 18.4. The summed E-state index contributed by atoms with van der Waals surface area (Å²) in [5, 5.41) is 3.76. The highest BCUT2D eigenvalue weighted by atomic mass is 35.5. The van der Waals surface area contributed by atoms with Crippen LogP contribution in [0.3, 0.4) is 0 Å². The monoisotopic (exact) mass is 476 g/mol. The largest absolute Gasteiger partial charge is 0.352 e. The molecule has 7 heteroatoms. The van der Waals surface area contributed by atoms with Gasteiger partial charge in [0.15, 0.2) is 0 Å². The predicted molar refractivity (Wildman–Crippen MR) is 129 cm³/mol. The first-order chi connectivity index (χ1) is 15.5. The highest BCUT2D eigenvalue weighted by Gasteiger charge is 2.28. The minimum Gasteiger partial charge on any atom is -0.352 e. The predicted octanol–water partition coefficient (Wildman–Crippen LogP) is 5.58. The van der Waals surface area contributed by atoms with Crippen molar-refractivity contribution in [2.24, 2.45) is 0 Å². The third kappa shape index (κ3) is 6.97. The number of carbonyl (C=O) groups is 2. The van der Waals surface area contributed by atoms with Crippen LogP contribution < -0.4 is 5.32 Å². The average molecular weight is 477 g/mol. The van der Waals surface area contributed by atoms with E-state index >= 15 is 0 Å². The smallest absolute Gasteiger partial charge is 0.242 e. The minimum absolute atomic E-state index is 0.0530. The molecule has 4 nitrogen and oxygen atoms in total. The number of nitrogens with one attached hydrogen (secondary N) is 1. The number of rotatable bonds is 9. The molecule has 0 aromatic heterocycles. The Morgan fingerprint density at radius 1 is 1.09 bits per heavy atom. The van der Waals surface area contributed by atoms with E-state index in [4.69, 9.17) is 11.6 Å². The first-order valence-corrected chi connectivity index (χ1v) is 12.6. The van der Waals surface area contributed by atoms with Crippen molar-refractivity contribution in [1.29, 1.82) is 0 Å². The van der Waals surface area contributed by atoms with Crippen LogP contribution in [-0.2, 0) is 21.9 Å². The fraction of sp³-hybridized carbons (Fsp3) is 0.440. The fourth-order valence-corrected chi connectivity index (χ4v) is 5.10. The molecular weight excluding hydrogens is 447 g/mol. The lowest BCUT2D eigenvalue weighted by Gasteiger charge is -2.31. The van der Waals surface area contributed by atoms with E-state index in [1.54, 1.807) is 25.1 Å². The molecule has 32 heavy (non-hydrogen) atoms. The van der Waals surface area contributed by atoms with Gasteiger partial charge in [-0.3, -0.25) is 9.59 Å². The molecule has 1 atom stereocenters. The maximum atomic E-state index is 14.3. The lowest BCUT2D eigenvalue weighted by molar-refractivity contribution is -0.139. The number of hydrogen-bond acceptors (Lipinski definition) is 3. The normalized spacial score (nSPS) is 15.2. The Bertz CT molecular complexity index is 920. The molecule has 3 rings (SSSR count). The van der Waals surface area contributed by atoms with Gasteiger partial charge in [-0.25, -0.2) is 4.39 Å². The van der Waals surface area contributed by atoms with Gasteiger partial charge in [-0.15, -0.1) is 11.8 Å². The van der Waals surface area contributed by atoms with Crippen LogP contribution >= 0.6 is 23.4 Å². The molecule has 0 radical (unpaired) electrons. The van der Waals surface area contributed by atoms with Gasteiger partial charge in [0.25, 0.3) is 0 Å². The summed E-state index contributed by atoms with van der Waals surface area (Å²) in [5.74, 6) is 0.00527. The lowest BCUT2D eigenvalue weighted by Crippen LogP contribution is -2.51. The van der Waals surface area contributed by atoms with Gasteiger partial charge in [0.05, 0.1) is 5.75 Å². The Hall–Kier alpha value is -2.05. The van der Waals surface area contributed by atoms with Gasteiger partial charge in [0.1, 0.15) is 11.9 Å².